The molecule has 2 rings (SSSR count). The molecule has 0 aromatic heterocycles. The van der Waals surface area contributed by atoms with E-state index >= 15 is 0 Å². The summed E-state index contributed by atoms with van der Waals surface area (Å²) in [5, 5.41) is 6.35. The van der Waals surface area contributed by atoms with Gasteiger partial charge >= 0.3 is 0 Å². The van der Waals surface area contributed by atoms with E-state index in [4.69, 9.17) is 0 Å². The van der Waals surface area contributed by atoms with Crippen molar-refractivity contribution in [2.45, 2.75) is 39.3 Å². The summed E-state index contributed by atoms with van der Waals surface area (Å²) >= 11 is 0. The highest BCUT2D eigenvalue weighted by atomic mass is 16.2. The van der Waals surface area contributed by atoms with Crippen LogP contribution in [0.15, 0.2) is 24.3 Å². The van der Waals surface area contributed by atoms with Crippen LogP contribution in [0.1, 0.15) is 37.4 Å². The molecular weight excluding hydrogens is 224 g/mol. The molecular formula is C15H22N2O. The van der Waals surface area contributed by atoms with Gasteiger partial charge in [-0.2, -0.15) is 0 Å². The van der Waals surface area contributed by atoms with Gasteiger partial charge in [-0.15, -0.1) is 0 Å². The zero-order valence-electron chi connectivity index (χ0n) is 11.4. The topological polar surface area (TPSA) is 41.1 Å². The van der Waals surface area contributed by atoms with Crippen molar-refractivity contribution in [3.8, 4) is 0 Å². The molecule has 0 radical (unpaired) electrons. The van der Waals surface area contributed by atoms with Gasteiger partial charge < -0.3 is 10.6 Å². The highest BCUT2D eigenvalue weighted by Crippen LogP contribution is 2.17. The first-order valence-electron chi connectivity index (χ1n) is 6.68. The Morgan fingerprint density at radius 1 is 1.39 bits per heavy atom. The number of carbonyl (C=O) groups excluding carboxylic acids is 1. The minimum Gasteiger partial charge on any atom is -0.348 e. The molecule has 0 spiro atoms. The van der Waals surface area contributed by atoms with Gasteiger partial charge in [0, 0.05) is 0 Å². The molecule has 1 heterocycles. The lowest BCUT2D eigenvalue weighted by Gasteiger charge is -2.20. The van der Waals surface area contributed by atoms with Gasteiger partial charge in [-0.1, -0.05) is 36.8 Å². The quantitative estimate of drug-likeness (QED) is 0.858. The second kappa shape index (κ2) is 5.53. The van der Waals surface area contributed by atoms with E-state index in [1.807, 2.05) is 6.92 Å². The van der Waals surface area contributed by atoms with Crippen molar-refractivity contribution in [1.82, 2.24) is 10.6 Å². The molecule has 0 saturated carbocycles. The summed E-state index contributed by atoms with van der Waals surface area (Å²) in [5.41, 5.74) is 2.39. The molecule has 0 aliphatic carbocycles. The van der Waals surface area contributed by atoms with Gasteiger partial charge in [0.1, 0.15) is 0 Å². The lowest BCUT2D eigenvalue weighted by atomic mass is 10.0. The van der Waals surface area contributed by atoms with E-state index < -0.39 is 0 Å². The van der Waals surface area contributed by atoms with Crippen LogP contribution in [-0.4, -0.2) is 18.5 Å². The number of rotatable bonds is 3. The third-order valence-electron chi connectivity index (χ3n) is 3.75. The average Bonchev–Trinajstić information content (AvgIpc) is 2.76. The van der Waals surface area contributed by atoms with E-state index in [9.17, 15) is 4.79 Å². The number of amides is 1. The van der Waals surface area contributed by atoms with Gasteiger partial charge in [-0.05, 0) is 38.3 Å². The first kappa shape index (κ1) is 13.1. The molecule has 98 valence electrons. The zero-order valence-corrected chi connectivity index (χ0v) is 11.4. The predicted octanol–water partition coefficient (Wildman–Crippen LogP) is 2.17. The average molecular weight is 246 g/mol. The fraction of sp³-hybridized carbons (Fsp3) is 0.533. The van der Waals surface area contributed by atoms with Crippen LogP contribution in [0.5, 0.6) is 0 Å². The normalized spacial score (nSPS) is 24.8. The summed E-state index contributed by atoms with van der Waals surface area (Å²) in [5.74, 6) is 0.545. The number of hydrogen-bond donors (Lipinski definition) is 2. The van der Waals surface area contributed by atoms with Gasteiger partial charge in [-0.3, -0.25) is 4.79 Å². The minimum atomic E-state index is -0.0297. The van der Waals surface area contributed by atoms with Crippen LogP contribution < -0.4 is 10.6 Å². The molecule has 1 saturated heterocycles. The summed E-state index contributed by atoms with van der Waals surface area (Å²) in [4.78, 5) is 12.1. The third-order valence-corrected chi connectivity index (χ3v) is 3.75. The van der Waals surface area contributed by atoms with Gasteiger partial charge in [0.05, 0.1) is 12.1 Å². The smallest absolute Gasteiger partial charge is 0.237 e. The fourth-order valence-electron chi connectivity index (χ4n) is 2.43. The van der Waals surface area contributed by atoms with Gasteiger partial charge in [0.2, 0.25) is 5.91 Å². The summed E-state index contributed by atoms with van der Waals surface area (Å²) in [6.07, 6.45) is 1.08. The van der Waals surface area contributed by atoms with Crippen LogP contribution in [0, 0.1) is 12.8 Å². The molecule has 3 atom stereocenters. The van der Waals surface area contributed by atoms with E-state index in [-0.39, 0.29) is 18.0 Å². The number of nitrogens with one attached hydrogen (secondary N) is 2. The van der Waals surface area contributed by atoms with Crippen LogP contribution in [0.2, 0.25) is 0 Å². The van der Waals surface area contributed by atoms with E-state index in [2.05, 4.69) is 48.7 Å². The maximum absolute atomic E-state index is 12.1. The van der Waals surface area contributed by atoms with Gasteiger partial charge in [0.15, 0.2) is 0 Å². The molecule has 3 heteroatoms. The number of carbonyl (C=O) groups is 1. The number of aryl methyl sites for hydroxylation is 1. The van der Waals surface area contributed by atoms with Crippen molar-refractivity contribution in [3.63, 3.8) is 0 Å². The van der Waals surface area contributed by atoms with Crippen molar-refractivity contribution in [3.05, 3.63) is 35.4 Å². The van der Waals surface area contributed by atoms with Crippen LogP contribution >= 0.6 is 0 Å². The van der Waals surface area contributed by atoms with Crippen molar-refractivity contribution < 1.29 is 4.79 Å². The monoisotopic (exact) mass is 246 g/mol. The van der Waals surface area contributed by atoms with E-state index in [1.54, 1.807) is 0 Å². The molecule has 2 N–H and O–H groups in total. The number of hydrogen-bond acceptors (Lipinski definition) is 2. The van der Waals surface area contributed by atoms with Crippen molar-refractivity contribution >= 4 is 5.91 Å². The minimum absolute atomic E-state index is 0.0297. The first-order valence-corrected chi connectivity index (χ1v) is 6.68. The molecule has 1 amide bonds. The molecule has 1 aliphatic heterocycles. The van der Waals surface area contributed by atoms with Crippen LogP contribution in [0.4, 0.5) is 0 Å². The Labute approximate surface area is 109 Å². The van der Waals surface area contributed by atoms with E-state index in [0.717, 1.165) is 18.5 Å². The molecule has 3 nitrogen and oxygen atoms in total. The van der Waals surface area contributed by atoms with Crippen molar-refractivity contribution in [2.24, 2.45) is 5.92 Å². The Balaban J connectivity index is 1.96. The molecule has 1 aromatic carbocycles. The SMILES string of the molecule is Cc1ccc([C@H](C)NC(=O)C2NCCC2C)cc1. The number of benzene rings is 1. The summed E-state index contributed by atoms with van der Waals surface area (Å²) in [6, 6.07) is 8.34. The van der Waals surface area contributed by atoms with Gasteiger partial charge in [0.25, 0.3) is 0 Å². The van der Waals surface area contributed by atoms with Crippen LogP contribution in [0.25, 0.3) is 0 Å². The predicted molar refractivity (Wildman–Crippen MR) is 73.3 cm³/mol. The first-order chi connectivity index (χ1) is 8.58. The Bertz CT molecular complexity index is 413. The van der Waals surface area contributed by atoms with Crippen molar-refractivity contribution in [2.75, 3.05) is 6.54 Å². The molecule has 1 aliphatic rings. The maximum atomic E-state index is 12.1. The highest BCUT2D eigenvalue weighted by molar-refractivity contribution is 5.82. The van der Waals surface area contributed by atoms with E-state index in [1.165, 1.54) is 5.56 Å². The summed E-state index contributed by atoms with van der Waals surface area (Å²) < 4.78 is 0. The Kier molecular flexibility index (Phi) is 4.02. The standard InChI is InChI=1S/C15H22N2O/c1-10-4-6-13(7-5-10)12(3)17-15(18)14-11(2)8-9-16-14/h4-7,11-12,14,16H,8-9H2,1-3H3,(H,17,18)/t11?,12-,14?/m0/s1. The third kappa shape index (κ3) is 2.91. The van der Waals surface area contributed by atoms with Gasteiger partial charge in [-0.25, -0.2) is 0 Å². The summed E-state index contributed by atoms with van der Waals surface area (Å²) in [6.45, 7) is 7.16. The highest BCUT2D eigenvalue weighted by Gasteiger charge is 2.29. The van der Waals surface area contributed by atoms with Crippen LogP contribution in [0.3, 0.4) is 0 Å². The lowest BCUT2D eigenvalue weighted by Crippen LogP contribution is -2.44. The Hall–Kier alpha value is -1.35. The largest absolute Gasteiger partial charge is 0.348 e. The molecule has 1 aromatic rings. The van der Waals surface area contributed by atoms with Crippen LogP contribution in [-0.2, 0) is 4.79 Å². The second-order valence-corrected chi connectivity index (χ2v) is 5.34. The summed E-state index contributed by atoms with van der Waals surface area (Å²) in [7, 11) is 0. The molecule has 18 heavy (non-hydrogen) atoms. The second-order valence-electron chi connectivity index (χ2n) is 5.34. The van der Waals surface area contributed by atoms with Crippen molar-refractivity contribution in [1.29, 1.82) is 0 Å². The van der Waals surface area contributed by atoms with E-state index in [0.29, 0.717) is 5.92 Å². The molecule has 1 fully saturated rings. The fourth-order valence-corrected chi connectivity index (χ4v) is 2.43. The molecule has 2 unspecified atom stereocenters. The molecule has 0 bridgehead atoms. The Morgan fingerprint density at radius 3 is 2.61 bits per heavy atom. The maximum Gasteiger partial charge on any atom is 0.237 e. The Morgan fingerprint density at radius 2 is 2.06 bits per heavy atom. The zero-order chi connectivity index (χ0) is 13.1. The lowest BCUT2D eigenvalue weighted by molar-refractivity contribution is -0.124.